The number of morpholine rings is 1. The summed E-state index contributed by atoms with van der Waals surface area (Å²) < 4.78 is 5.36. The van der Waals surface area contributed by atoms with Gasteiger partial charge in [-0.2, -0.15) is 0 Å². The number of ether oxygens (including phenoxy) is 1. The van der Waals surface area contributed by atoms with E-state index in [-0.39, 0.29) is 5.56 Å². The fraction of sp³-hybridized carbons (Fsp3) is 0.412. The lowest BCUT2D eigenvalue weighted by molar-refractivity contribution is 0.0342. The molecule has 1 aliphatic rings. The van der Waals surface area contributed by atoms with Crippen molar-refractivity contribution >= 4 is 0 Å². The molecule has 0 spiro atoms. The molecule has 0 atom stereocenters. The smallest absolute Gasteiger partial charge is 0.254 e. The van der Waals surface area contributed by atoms with E-state index in [2.05, 4.69) is 27.0 Å². The van der Waals surface area contributed by atoms with Crippen LogP contribution in [0.3, 0.4) is 0 Å². The van der Waals surface area contributed by atoms with Gasteiger partial charge in [-0.3, -0.25) is 9.69 Å². The molecule has 5 heteroatoms. The van der Waals surface area contributed by atoms with Crippen LogP contribution in [-0.2, 0) is 11.3 Å². The van der Waals surface area contributed by atoms with Crippen LogP contribution in [0, 0.1) is 13.8 Å². The molecule has 0 amide bonds. The van der Waals surface area contributed by atoms with Gasteiger partial charge < -0.3 is 9.72 Å². The molecule has 5 nitrogen and oxygen atoms in total. The van der Waals surface area contributed by atoms with Crippen molar-refractivity contribution in [3.8, 4) is 11.4 Å². The van der Waals surface area contributed by atoms with Crippen LogP contribution in [0.2, 0.25) is 0 Å². The Labute approximate surface area is 130 Å². The third-order valence-corrected chi connectivity index (χ3v) is 4.13. The second kappa shape index (κ2) is 6.42. The van der Waals surface area contributed by atoms with Gasteiger partial charge in [0.05, 0.1) is 13.2 Å². The summed E-state index contributed by atoms with van der Waals surface area (Å²) in [7, 11) is 0. The molecule has 0 bridgehead atoms. The first kappa shape index (κ1) is 14.9. The number of rotatable bonds is 3. The van der Waals surface area contributed by atoms with Gasteiger partial charge in [0.1, 0.15) is 5.82 Å². The molecule has 0 radical (unpaired) electrons. The Morgan fingerprint density at radius 1 is 1.18 bits per heavy atom. The summed E-state index contributed by atoms with van der Waals surface area (Å²) in [6, 6.07) is 8.23. The second-order valence-electron chi connectivity index (χ2n) is 5.71. The third-order valence-electron chi connectivity index (χ3n) is 4.13. The third kappa shape index (κ3) is 3.26. The summed E-state index contributed by atoms with van der Waals surface area (Å²) >= 11 is 0. The zero-order valence-corrected chi connectivity index (χ0v) is 13.1. The number of aryl methyl sites for hydroxylation is 1. The maximum Gasteiger partial charge on any atom is 0.254 e. The Morgan fingerprint density at radius 3 is 2.50 bits per heavy atom. The molecule has 3 rings (SSSR count). The van der Waals surface area contributed by atoms with E-state index in [0.717, 1.165) is 44.1 Å². The highest BCUT2D eigenvalue weighted by atomic mass is 16.5. The van der Waals surface area contributed by atoms with Gasteiger partial charge in [-0.15, -0.1) is 0 Å². The van der Waals surface area contributed by atoms with Gasteiger partial charge in [-0.05, 0) is 19.4 Å². The van der Waals surface area contributed by atoms with E-state index in [1.165, 1.54) is 5.56 Å². The van der Waals surface area contributed by atoms with Gasteiger partial charge in [-0.25, -0.2) is 4.98 Å². The Hall–Kier alpha value is -1.98. The number of benzene rings is 1. The van der Waals surface area contributed by atoms with Crippen LogP contribution < -0.4 is 5.56 Å². The predicted molar refractivity (Wildman–Crippen MR) is 85.9 cm³/mol. The maximum atomic E-state index is 11.8. The molecule has 0 unspecified atom stereocenters. The summed E-state index contributed by atoms with van der Waals surface area (Å²) in [5.74, 6) is 0.631. The van der Waals surface area contributed by atoms with Crippen molar-refractivity contribution in [2.75, 3.05) is 26.3 Å². The first-order valence-electron chi connectivity index (χ1n) is 7.60. The molecule has 1 aliphatic heterocycles. The second-order valence-corrected chi connectivity index (χ2v) is 5.71. The van der Waals surface area contributed by atoms with Gasteiger partial charge in [0.25, 0.3) is 5.56 Å². The average Bonchev–Trinajstić information content (AvgIpc) is 2.54. The van der Waals surface area contributed by atoms with Gasteiger partial charge in [0.15, 0.2) is 0 Å². The Bertz CT molecular complexity index is 701. The van der Waals surface area contributed by atoms with Crippen molar-refractivity contribution in [1.29, 1.82) is 0 Å². The number of nitrogens with one attached hydrogen (secondary N) is 1. The molecule has 0 aliphatic carbocycles. The van der Waals surface area contributed by atoms with Crippen LogP contribution in [0.15, 0.2) is 29.1 Å². The SMILES string of the molecule is Cc1nc(-c2ccc(CN3CCOCC3)cc2)[nH]c(=O)c1C. The Morgan fingerprint density at radius 2 is 1.86 bits per heavy atom. The molecule has 2 heterocycles. The topological polar surface area (TPSA) is 58.2 Å². The molecule has 0 saturated carbocycles. The van der Waals surface area contributed by atoms with Gasteiger partial charge in [0.2, 0.25) is 0 Å². The minimum Gasteiger partial charge on any atom is -0.379 e. The minimum absolute atomic E-state index is 0.0695. The van der Waals surface area contributed by atoms with E-state index in [9.17, 15) is 4.79 Å². The molecule has 1 saturated heterocycles. The first-order valence-corrected chi connectivity index (χ1v) is 7.60. The van der Waals surface area contributed by atoms with Crippen LogP contribution in [-0.4, -0.2) is 41.2 Å². The molecular formula is C17H21N3O2. The van der Waals surface area contributed by atoms with Gasteiger partial charge in [-0.1, -0.05) is 24.3 Å². The molecule has 116 valence electrons. The zero-order chi connectivity index (χ0) is 15.5. The molecule has 1 aromatic carbocycles. The van der Waals surface area contributed by atoms with Crippen molar-refractivity contribution < 1.29 is 4.74 Å². The molecule has 22 heavy (non-hydrogen) atoms. The van der Waals surface area contributed by atoms with Crippen LogP contribution in [0.4, 0.5) is 0 Å². The molecule has 1 aromatic heterocycles. The highest BCUT2D eigenvalue weighted by Crippen LogP contribution is 2.16. The van der Waals surface area contributed by atoms with Crippen molar-refractivity contribution in [2.24, 2.45) is 0 Å². The predicted octanol–water partition coefficient (Wildman–Crippen LogP) is 1.89. The summed E-state index contributed by atoms with van der Waals surface area (Å²) in [6.07, 6.45) is 0. The summed E-state index contributed by atoms with van der Waals surface area (Å²) in [4.78, 5) is 21.5. The normalized spacial score (nSPS) is 15.9. The largest absolute Gasteiger partial charge is 0.379 e. The van der Waals surface area contributed by atoms with E-state index in [1.807, 2.05) is 19.1 Å². The average molecular weight is 299 g/mol. The van der Waals surface area contributed by atoms with Gasteiger partial charge in [0, 0.05) is 36.5 Å². The highest BCUT2D eigenvalue weighted by Gasteiger charge is 2.11. The van der Waals surface area contributed by atoms with Crippen molar-refractivity contribution in [2.45, 2.75) is 20.4 Å². The monoisotopic (exact) mass is 299 g/mol. The van der Waals surface area contributed by atoms with Crippen LogP contribution in [0.1, 0.15) is 16.8 Å². The van der Waals surface area contributed by atoms with E-state index in [1.54, 1.807) is 6.92 Å². The van der Waals surface area contributed by atoms with E-state index in [0.29, 0.717) is 11.4 Å². The first-order chi connectivity index (χ1) is 10.6. The lowest BCUT2D eigenvalue weighted by Crippen LogP contribution is -2.35. The summed E-state index contributed by atoms with van der Waals surface area (Å²) in [5.41, 5.74) is 3.58. The molecular weight excluding hydrogens is 278 g/mol. The van der Waals surface area contributed by atoms with Crippen molar-refractivity contribution in [3.05, 3.63) is 51.4 Å². The number of hydrogen-bond donors (Lipinski definition) is 1. The minimum atomic E-state index is -0.0695. The number of nitrogens with zero attached hydrogens (tertiary/aromatic N) is 2. The fourth-order valence-electron chi connectivity index (χ4n) is 2.57. The van der Waals surface area contributed by atoms with E-state index < -0.39 is 0 Å². The lowest BCUT2D eigenvalue weighted by atomic mass is 10.1. The Kier molecular flexibility index (Phi) is 4.36. The molecule has 2 aromatic rings. The molecule has 1 N–H and O–H groups in total. The quantitative estimate of drug-likeness (QED) is 0.940. The van der Waals surface area contributed by atoms with Crippen molar-refractivity contribution in [1.82, 2.24) is 14.9 Å². The van der Waals surface area contributed by atoms with E-state index >= 15 is 0 Å². The number of aromatic nitrogens is 2. The van der Waals surface area contributed by atoms with Crippen LogP contribution in [0.25, 0.3) is 11.4 Å². The number of aromatic amines is 1. The van der Waals surface area contributed by atoms with Crippen molar-refractivity contribution in [3.63, 3.8) is 0 Å². The van der Waals surface area contributed by atoms with Gasteiger partial charge >= 0.3 is 0 Å². The number of H-pyrrole nitrogens is 1. The lowest BCUT2D eigenvalue weighted by Gasteiger charge is -2.26. The van der Waals surface area contributed by atoms with E-state index in [4.69, 9.17) is 4.74 Å². The highest BCUT2D eigenvalue weighted by molar-refractivity contribution is 5.55. The summed E-state index contributed by atoms with van der Waals surface area (Å²) in [5, 5.41) is 0. The Balaban J connectivity index is 1.77. The number of hydrogen-bond acceptors (Lipinski definition) is 4. The fourth-order valence-corrected chi connectivity index (χ4v) is 2.57. The van der Waals surface area contributed by atoms with Crippen LogP contribution in [0.5, 0.6) is 0 Å². The standard InChI is InChI=1S/C17H21N3O2/c1-12-13(2)18-16(19-17(12)21)15-5-3-14(4-6-15)11-20-7-9-22-10-8-20/h3-6H,7-11H2,1-2H3,(H,18,19,21). The maximum absolute atomic E-state index is 11.8. The molecule has 1 fully saturated rings. The van der Waals surface area contributed by atoms with Crippen LogP contribution >= 0.6 is 0 Å². The summed E-state index contributed by atoms with van der Waals surface area (Å²) in [6.45, 7) is 8.16. The zero-order valence-electron chi connectivity index (χ0n) is 13.1.